The van der Waals surface area contributed by atoms with Crippen LogP contribution in [0.3, 0.4) is 0 Å². The van der Waals surface area contributed by atoms with Crippen molar-refractivity contribution >= 4 is 22.8 Å². The van der Waals surface area contributed by atoms with Crippen molar-refractivity contribution in [3.63, 3.8) is 0 Å². The van der Waals surface area contributed by atoms with Crippen molar-refractivity contribution in [3.05, 3.63) is 64.7 Å². The summed E-state index contributed by atoms with van der Waals surface area (Å²) in [7, 11) is 0. The maximum atomic E-state index is 13.4. The van der Waals surface area contributed by atoms with E-state index in [1.165, 1.54) is 11.0 Å². The molecule has 0 spiro atoms. The summed E-state index contributed by atoms with van der Waals surface area (Å²) in [5, 5.41) is 19.4. The Morgan fingerprint density at radius 1 is 1.14 bits per heavy atom. The topological polar surface area (TPSA) is 115 Å². The zero-order valence-corrected chi connectivity index (χ0v) is 19.5. The number of fused-ring (bicyclic) bond motifs is 2. The number of carbonyl (C=O) groups is 2. The third kappa shape index (κ3) is 4.97. The molecule has 1 fully saturated rings. The fourth-order valence-corrected chi connectivity index (χ4v) is 4.65. The quantitative estimate of drug-likeness (QED) is 0.540. The number of aromatic amines is 1. The first kappa shape index (κ1) is 24.3. The third-order valence-electron chi connectivity index (χ3n) is 6.63. The van der Waals surface area contributed by atoms with Gasteiger partial charge in [0.15, 0.2) is 6.61 Å². The second-order valence-electron chi connectivity index (χ2n) is 8.93. The molecule has 9 nitrogen and oxygen atoms in total. The number of carbonyl (C=O) groups excluding carboxylic acids is 2. The number of halogens is 3. The smallest absolute Gasteiger partial charge is 0.420 e. The lowest BCUT2D eigenvalue weighted by molar-refractivity contribution is -0.141. The summed E-state index contributed by atoms with van der Waals surface area (Å²) in [5.74, 6) is -0.956. The number of rotatable bonds is 4. The van der Waals surface area contributed by atoms with E-state index in [0.717, 1.165) is 11.6 Å². The number of aromatic nitrogens is 3. The predicted octanol–water partition coefficient (Wildman–Crippen LogP) is 3.16. The van der Waals surface area contributed by atoms with Crippen LogP contribution >= 0.6 is 0 Å². The number of nitrogens with zero attached hydrogens (tertiary/aromatic N) is 5. The molecule has 3 aromatic rings. The maximum Gasteiger partial charge on any atom is 0.420 e. The zero-order chi connectivity index (χ0) is 26.2. The molecule has 37 heavy (non-hydrogen) atoms. The molecule has 1 N–H and O–H groups in total. The van der Waals surface area contributed by atoms with Crippen LogP contribution in [0.25, 0.3) is 11.0 Å². The van der Waals surface area contributed by atoms with Crippen LogP contribution in [0, 0.1) is 17.2 Å². The summed E-state index contributed by atoms with van der Waals surface area (Å²) in [6.07, 6.45) is -2.19. The fourth-order valence-electron chi connectivity index (χ4n) is 4.65. The highest BCUT2D eigenvalue weighted by molar-refractivity contribution is 5.97. The molecule has 1 saturated heterocycles. The number of nitriles is 1. The van der Waals surface area contributed by atoms with Gasteiger partial charge in [0.25, 0.3) is 11.8 Å². The van der Waals surface area contributed by atoms with Crippen LogP contribution in [-0.4, -0.2) is 69.8 Å². The van der Waals surface area contributed by atoms with Crippen LogP contribution in [0.1, 0.15) is 27.9 Å². The molecule has 5 rings (SSSR count). The summed E-state index contributed by atoms with van der Waals surface area (Å²) in [5.41, 5.74) is 1.61. The summed E-state index contributed by atoms with van der Waals surface area (Å²) in [6.45, 7) is 1.07. The van der Waals surface area contributed by atoms with Crippen molar-refractivity contribution in [1.82, 2.24) is 25.2 Å². The number of hydrogen-bond acceptors (Lipinski definition) is 6. The molecule has 0 unspecified atom stereocenters. The number of hydrogen-bond donors (Lipinski definition) is 1. The van der Waals surface area contributed by atoms with E-state index in [9.17, 15) is 22.8 Å². The van der Waals surface area contributed by atoms with Gasteiger partial charge in [-0.2, -0.15) is 33.8 Å². The van der Waals surface area contributed by atoms with Gasteiger partial charge in [0, 0.05) is 37.7 Å². The molecule has 2 aromatic carbocycles. The number of amides is 2. The van der Waals surface area contributed by atoms with Crippen LogP contribution in [0.4, 0.5) is 13.2 Å². The Hall–Kier alpha value is -4.40. The van der Waals surface area contributed by atoms with Gasteiger partial charge in [-0.15, -0.1) is 0 Å². The highest BCUT2D eigenvalue weighted by Gasteiger charge is 2.36. The highest BCUT2D eigenvalue weighted by Crippen LogP contribution is 2.37. The molecule has 2 amide bonds. The summed E-state index contributed by atoms with van der Waals surface area (Å²) < 4.78 is 45.3. The average Bonchev–Trinajstić information content (AvgIpc) is 3.48. The molecule has 0 saturated carbocycles. The Morgan fingerprint density at radius 3 is 2.73 bits per heavy atom. The minimum atomic E-state index is -4.72. The second kappa shape index (κ2) is 9.57. The molecule has 3 heterocycles. The lowest BCUT2D eigenvalue weighted by atomic mass is 10.00. The van der Waals surface area contributed by atoms with Gasteiger partial charge in [-0.05, 0) is 48.4 Å². The van der Waals surface area contributed by atoms with Gasteiger partial charge in [-0.25, -0.2) is 0 Å². The number of likely N-dealkylation sites (tertiary alicyclic amines) is 1. The van der Waals surface area contributed by atoms with Crippen molar-refractivity contribution in [2.45, 2.75) is 12.6 Å². The molecule has 12 heteroatoms. The maximum absolute atomic E-state index is 13.4. The van der Waals surface area contributed by atoms with E-state index in [0.29, 0.717) is 48.7 Å². The Labute approximate surface area is 209 Å². The predicted molar refractivity (Wildman–Crippen MR) is 124 cm³/mol. The van der Waals surface area contributed by atoms with Gasteiger partial charge < -0.3 is 14.5 Å². The summed E-state index contributed by atoms with van der Waals surface area (Å²) in [6, 6.07) is 9.78. The molecule has 190 valence electrons. The van der Waals surface area contributed by atoms with Crippen LogP contribution in [0.15, 0.2) is 48.0 Å². The van der Waals surface area contributed by atoms with E-state index in [1.807, 2.05) is 6.08 Å². The Balaban J connectivity index is 1.21. The van der Waals surface area contributed by atoms with Crippen molar-refractivity contribution in [1.29, 1.82) is 5.26 Å². The molecule has 2 aliphatic rings. The molecule has 0 aliphatic carbocycles. The fraction of sp³-hybridized carbons (Fsp3) is 0.320. The minimum Gasteiger partial charge on any atom is -0.483 e. The molecule has 2 aliphatic heterocycles. The first-order valence-corrected chi connectivity index (χ1v) is 11.5. The first-order valence-electron chi connectivity index (χ1n) is 11.5. The van der Waals surface area contributed by atoms with Gasteiger partial charge in [-0.1, -0.05) is 6.08 Å². The largest absolute Gasteiger partial charge is 0.483 e. The van der Waals surface area contributed by atoms with Gasteiger partial charge >= 0.3 is 6.18 Å². The standard InChI is InChI=1S/C25H21F3N6O3/c26-25(27,28)19-9-15(11-29)1-4-22(19)37-14-23(35)33-7-5-17-12-34(13-18(17)6-8-33)24(36)16-2-3-20-21(10-16)31-32-30-20/h1-5,9-10,18H,6-8,12-14H2,(H,30,31,32)/t18-/m1/s1. The average molecular weight is 510 g/mol. The Kier molecular flexibility index (Phi) is 6.29. The monoisotopic (exact) mass is 510 g/mol. The normalized spacial score (nSPS) is 17.7. The van der Waals surface area contributed by atoms with E-state index < -0.39 is 30.0 Å². The van der Waals surface area contributed by atoms with Gasteiger partial charge in [0.1, 0.15) is 16.8 Å². The molecular weight excluding hydrogens is 489 g/mol. The van der Waals surface area contributed by atoms with Crippen LogP contribution < -0.4 is 4.74 Å². The molecule has 0 bridgehead atoms. The first-order chi connectivity index (χ1) is 17.7. The SMILES string of the molecule is N#Cc1ccc(OCC(=O)N2CC=C3CN(C(=O)c4ccc5n[nH]nc5c4)C[C@H]3CC2)c(C(F)(F)F)c1. The molecule has 0 radical (unpaired) electrons. The highest BCUT2D eigenvalue weighted by atomic mass is 19.4. The second-order valence-corrected chi connectivity index (χ2v) is 8.93. The van der Waals surface area contributed by atoms with Gasteiger partial charge in [0.05, 0.1) is 17.2 Å². The molecule has 1 aromatic heterocycles. The van der Waals surface area contributed by atoms with E-state index in [-0.39, 0.29) is 23.9 Å². The van der Waals surface area contributed by atoms with Crippen LogP contribution in [-0.2, 0) is 11.0 Å². The number of ether oxygens (including phenoxy) is 1. The number of benzene rings is 2. The van der Waals surface area contributed by atoms with Crippen molar-refractivity contribution < 1.29 is 27.5 Å². The van der Waals surface area contributed by atoms with E-state index in [1.54, 1.807) is 29.2 Å². The Morgan fingerprint density at radius 2 is 1.95 bits per heavy atom. The third-order valence-corrected chi connectivity index (χ3v) is 6.63. The zero-order valence-electron chi connectivity index (χ0n) is 19.5. The van der Waals surface area contributed by atoms with Gasteiger partial charge in [0.2, 0.25) is 0 Å². The number of alkyl halides is 3. The van der Waals surface area contributed by atoms with Crippen molar-refractivity contribution in [3.8, 4) is 11.8 Å². The lowest BCUT2D eigenvalue weighted by Crippen LogP contribution is -2.36. The van der Waals surface area contributed by atoms with Crippen molar-refractivity contribution in [2.24, 2.45) is 5.92 Å². The number of H-pyrrole nitrogens is 1. The summed E-state index contributed by atoms with van der Waals surface area (Å²) >= 11 is 0. The Bertz CT molecular complexity index is 1440. The minimum absolute atomic E-state index is 0.0915. The van der Waals surface area contributed by atoms with Crippen molar-refractivity contribution in [2.75, 3.05) is 32.8 Å². The number of nitrogens with one attached hydrogen (secondary N) is 1. The molecular formula is C25H21F3N6O3. The van der Waals surface area contributed by atoms with Crippen LogP contribution in [0.2, 0.25) is 0 Å². The summed E-state index contributed by atoms with van der Waals surface area (Å²) in [4.78, 5) is 29.1. The molecule has 1 atom stereocenters. The van der Waals surface area contributed by atoms with Gasteiger partial charge in [-0.3, -0.25) is 9.59 Å². The van der Waals surface area contributed by atoms with E-state index in [2.05, 4.69) is 15.4 Å². The van der Waals surface area contributed by atoms with Crippen LogP contribution in [0.5, 0.6) is 5.75 Å². The van der Waals surface area contributed by atoms with E-state index in [4.69, 9.17) is 10.00 Å². The lowest BCUT2D eigenvalue weighted by Gasteiger charge is -2.22. The van der Waals surface area contributed by atoms with E-state index >= 15 is 0 Å².